The van der Waals surface area contributed by atoms with Crippen molar-refractivity contribution in [1.82, 2.24) is 9.71 Å². The number of aromatic nitrogens is 1. The number of hydrogen-bond donors (Lipinski definition) is 2. The van der Waals surface area contributed by atoms with Gasteiger partial charge in [-0.3, -0.25) is 4.79 Å². The molecule has 0 aliphatic carbocycles. The molecule has 3 rings (SSSR count). The van der Waals surface area contributed by atoms with Crippen molar-refractivity contribution in [3.63, 3.8) is 0 Å². The zero-order chi connectivity index (χ0) is 21.9. The molecule has 0 saturated heterocycles. The molecule has 0 bridgehead atoms. The van der Waals surface area contributed by atoms with E-state index >= 15 is 0 Å². The topological polar surface area (TPSA) is 88.2 Å². The summed E-state index contributed by atoms with van der Waals surface area (Å²) in [6.45, 7) is 5.92. The number of anilines is 1. The van der Waals surface area contributed by atoms with Gasteiger partial charge in [0.25, 0.3) is 5.91 Å². The van der Waals surface area contributed by atoms with Crippen molar-refractivity contribution in [3.8, 4) is 10.6 Å². The Labute approximate surface area is 179 Å². The Morgan fingerprint density at radius 1 is 1.10 bits per heavy atom. The molecule has 1 amide bonds. The molecular weight excluding hydrogens is 425 g/mol. The van der Waals surface area contributed by atoms with Crippen LogP contribution in [0.25, 0.3) is 10.6 Å². The zero-order valence-corrected chi connectivity index (χ0v) is 18.4. The van der Waals surface area contributed by atoms with Crippen molar-refractivity contribution in [3.05, 3.63) is 64.9 Å². The summed E-state index contributed by atoms with van der Waals surface area (Å²) in [4.78, 5) is 17.6. The molecule has 0 radical (unpaired) electrons. The van der Waals surface area contributed by atoms with E-state index in [4.69, 9.17) is 0 Å². The van der Waals surface area contributed by atoms with Gasteiger partial charge in [-0.2, -0.15) is 0 Å². The highest BCUT2D eigenvalue weighted by Crippen LogP contribution is 2.28. The predicted octanol–water partition coefficient (Wildman–Crippen LogP) is 4.44. The first-order valence-corrected chi connectivity index (χ1v) is 11.6. The average molecular weight is 448 g/mol. The molecule has 1 aromatic heterocycles. The van der Waals surface area contributed by atoms with Gasteiger partial charge in [-0.1, -0.05) is 13.8 Å². The number of amides is 1. The Kier molecular flexibility index (Phi) is 6.64. The summed E-state index contributed by atoms with van der Waals surface area (Å²) in [6.07, 6.45) is 0. The van der Waals surface area contributed by atoms with Crippen LogP contribution >= 0.6 is 11.3 Å². The zero-order valence-electron chi connectivity index (χ0n) is 16.8. The Morgan fingerprint density at radius 2 is 1.73 bits per heavy atom. The fourth-order valence-corrected chi connectivity index (χ4v) is 4.77. The van der Waals surface area contributed by atoms with Crippen LogP contribution in [0, 0.1) is 18.7 Å². The Morgan fingerprint density at radius 3 is 2.33 bits per heavy atom. The first-order chi connectivity index (χ1) is 14.2. The van der Waals surface area contributed by atoms with Crippen LogP contribution in [0.15, 0.2) is 53.4 Å². The lowest BCUT2D eigenvalue weighted by Gasteiger charge is -2.10. The number of rotatable bonds is 7. The third-order valence-electron chi connectivity index (χ3n) is 4.20. The summed E-state index contributed by atoms with van der Waals surface area (Å²) in [6, 6.07) is 11.9. The number of nitrogens with one attached hydrogen (secondary N) is 2. The van der Waals surface area contributed by atoms with Crippen molar-refractivity contribution in [2.75, 3.05) is 11.9 Å². The van der Waals surface area contributed by atoms with E-state index in [1.165, 1.54) is 35.6 Å². The van der Waals surface area contributed by atoms with Gasteiger partial charge in [0.05, 0.1) is 10.6 Å². The lowest BCUT2D eigenvalue weighted by atomic mass is 10.2. The van der Waals surface area contributed by atoms with Gasteiger partial charge < -0.3 is 5.32 Å². The van der Waals surface area contributed by atoms with Crippen LogP contribution in [0.4, 0.5) is 10.1 Å². The van der Waals surface area contributed by atoms with Crippen LogP contribution in [-0.2, 0) is 10.0 Å². The normalized spacial score (nSPS) is 11.6. The fourth-order valence-electron chi connectivity index (χ4n) is 2.59. The second kappa shape index (κ2) is 9.03. The molecule has 0 unspecified atom stereocenters. The van der Waals surface area contributed by atoms with Crippen molar-refractivity contribution < 1.29 is 17.6 Å². The molecule has 6 nitrogen and oxygen atoms in total. The summed E-state index contributed by atoms with van der Waals surface area (Å²) < 4.78 is 40.2. The van der Waals surface area contributed by atoms with Gasteiger partial charge in [0.1, 0.15) is 15.7 Å². The van der Waals surface area contributed by atoms with Gasteiger partial charge in [-0.25, -0.2) is 22.5 Å². The van der Waals surface area contributed by atoms with E-state index in [9.17, 15) is 17.6 Å². The third-order valence-corrected chi connectivity index (χ3v) is 6.84. The van der Waals surface area contributed by atoms with Crippen LogP contribution in [0.2, 0.25) is 0 Å². The molecule has 2 aromatic carbocycles. The number of thiazole rings is 1. The minimum absolute atomic E-state index is 0.133. The SMILES string of the molecule is Cc1nc(-c2ccc(F)cc2)sc1C(=O)Nc1ccc(S(=O)(=O)NCC(C)C)cc1. The molecule has 0 spiro atoms. The lowest BCUT2D eigenvalue weighted by molar-refractivity contribution is 0.103. The summed E-state index contributed by atoms with van der Waals surface area (Å²) in [5, 5.41) is 3.38. The van der Waals surface area contributed by atoms with Gasteiger partial charge in [0.15, 0.2) is 0 Å². The monoisotopic (exact) mass is 447 g/mol. The molecule has 1 heterocycles. The lowest BCUT2D eigenvalue weighted by Crippen LogP contribution is -2.27. The maximum atomic E-state index is 13.1. The number of benzene rings is 2. The smallest absolute Gasteiger partial charge is 0.267 e. The number of carbonyl (C=O) groups is 1. The summed E-state index contributed by atoms with van der Waals surface area (Å²) in [7, 11) is -3.59. The number of sulfonamides is 1. The largest absolute Gasteiger partial charge is 0.321 e. The second-order valence-corrected chi connectivity index (χ2v) is 9.93. The van der Waals surface area contributed by atoms with Gasteiger partial charge in [-0.05, 0) is 61.4 Å². The number of hydrogen-bond acceptors (Lipinski definition) is 5. The summed E-state index contributed by atoms with van der Waals surface area (Å²) >= 11 is 1.21. The van der Waals surface area contributed by atoms with Crippen LogP contribution in [-0.4, -0.2) is 25.9 Å². The Hall–Kier alpha value is -2.62. The van der Waals surface area contributed by atoms with Gasteiger partial charge >= 0.3 is 0 Å². The fraction of sp³-hybridized carbons (Fsp3) is 0.238. The third kappa shape index (κ3) is 5.29. The summed E-state index contributed by atoms with van der Waals surface area (Å²) in [5.74, 6) is -0.484. The average Bonchev–Trinajstić information content (AvgIpc) is 3.09. The number of nitrogens with zero attached hydrogens (tertiary/aromatic N) is 1. The van der Waals surface area contributed by atoms with Gasteiger partial charge in [0, 0.05) is 17.8 Å². The molecule has 9 heteroatoms. The maximum absolute atomic E-state index is 13.1. The number of halogens is 1. The van der Waals surface area contributed by atoms with Crippen LogP contribution in [0.5, 0.6) is 0 Å². The van der Waals surface area contributed by atoms with Crippen molar-refractivity contribution in [2.24, 2.45) is 5.92 Å². The van der Waals surface area contributed by atoms with Crippen LogP contribution < -0.4 is 10.0 Å². The second-order valence-electron chi connectivity index (χ2n) is 7.16. The standard InChI is InChI=1S/C21H22FN3O3S2/c1-13(2)12-23-30(27,28)18-10-8-17(9-11-18)25-20(26)19-14(3)24-21(29-19)15-4-6-16(22)7-5-15/h4-11,13,23H,12H2,1-3H3,(H,25,26). The van der Waals surface area contributed by atoms with E-state index in [2.05, 4.69) is 15.0 Å². The molecule has 30 heavy (non-hydrogen) atoms. The predicted molar refractivity (Wildman–Crippen MR) is 117 cm³/mol. The van der Waals surface area contributed by atoms with Crippen molar-refractivity contribution >= 4 is 33.0 Å². The molecule has 158 valence electrons. The van der Waals surface area contributed by atoms with E-state index in [0.717, 1.165) is 5.56 Å². The highest BCUT2D eigenvalue weighted by Gasteiger charge is 2.18. The van der Waals surface area contributed by atoms with E-state index in [1.54, 1.807) is 31.2 Å². The molecule has 2 N–H and O–H groups in total. The number of carbonyl (C=O) groups excluding carboxylic acids is 1. The molecule has 3 aromatic rings. The quantitative estimate of drug-likeness (QED) is 0.560. The minimum Gasteiger partial charge on any atom is -0.321 e. The molecule has 0 aliphatic heterocycles. The van der Waals surface area contributed by atoms with Crippen LogP contribution in [0.3, 0.4) is 0 Å². The maximum Gasteiger partial charge on any atom is 0.267 e. The molecule has 0 aliphatic rings. The Bertz CT molecular complexity index is 1140. The first-order valence-electron chi connectivity index (χ1n) is 9.30. The van der Waals surface area contributed by atoms with Gasteiger partial charge in [-0.15, -0.1) is 11.3 Å². The van der Waals surface area contributed by atoms with E-state index < -0.39 is 10.0 Å². The molecule has 0 atom stereocenters. The molecule has 0 saturated carbocycles. The molecule has 0 fully saturated rings. The summed E-state index contributed by atoms with van der Waals surface area (Å²) in [5.41, 5.74) is 1.76. The Balaban J connectivity index is 1.73. The first kappa shape index (κ1) is 22.1. The van der Waals surface area contributed by atoms with E-state index in [1.807, 2.05) is 13.8 Å². The highest BCUT2D eigenvalue weighted by atomic mass is 32.2. The minimum atomic E-state index is -3.59. The van der Waals surface area contributed by atoms with Crippen LogP contribution in [0.1, 0.15) is 29.2 Å². The van der Waals surface area contributed by atoms with Crippen molar-refractivity contribution in [2.45, 2.75) is 25.7 Å². The number of aryl methyl sites for hydroxylation is 1. The van der Waals surface area contributed by atoms with Crippen molar-refractivity contribution in [1.29, 1.82) is 0 Å². The highest BCUT2D eigenvalue weighted by molar-refractivity contribution is 7.89. The van der Waals surface area contributed by atoms with E-state index in [0.29, 0.717) is 27.8 Å². The van der Waals surface area contributed by atoms with E-state index in [-0.39, 0.29) is 22.5 Å². The molecular formula is C21H22FN3O3S2. The van der Waals surface area contributed by atoms with Gasteiger partial charge in [0.2, 0.25) is 10.0 Å².